The zero-order chi connectivity index (χ0) is 13.4. The fourth-order valence-corrected chi connectivity index (χ4v) is 3.31. The lowest BCUT2D eigenvalue weighted by Crippen LogP contribution is -1.99. The van der Waals surface area contributed by atoms with Crippen molar-refractivity contribution in [3.05, 3.63) is 47.2 Å². The van der Waals surface area contributed by atoms with Crippen LogP contribution in [-0.4, -0.2) is 23.4 Å². The second kappa shape index (κ2) is 5.02. The number of rotatable bonds is 3. The summed E-state index contributed by atoms with van der Waals surface area (Å²) in [5, 5.41) is 8.42. The molecule has 1 saturated heterocycles. The molecule has 1 fully saturated rings. The zero-order valence-corrected chi connectivity index (χ0v) is 11.4. The molecule has 4 rings (SSSR count). The smallest absolute Gasteiger partial charge is 0.222 e. The van der Waals surface area contributed by atoms with Gasteiger partial charge >= 0.3 is 0 Å². The number of hydrogen-bond acceptors (Lipinski definition) is 4. The molecule has 0 saturated carbocycles. The summed E-state index contributed by atoms with van der Waals surface area (Å²) in [5.74, 6) is 2.35. The van der Waals surface area contributed by atoms with Gasteiger partial charge in [0.05, 0.1) is 12.5 Å². The Balaban J connectivity index is 1.50. The van der Waals surface area contributed by atoms with Crippen molar-refractivity contribution in [3.8, 4) is 0 Å². The topological polar surface area (TPSA) is 48.2 Å². The normalized spacial score (nSPS) is 25.0. The van der Waals surface area contributed by atoms with Gasteiger partial charge in [-0.3, -0.25) is 0 Å². The Kier molecular flexibility index (Phi) is 3.03. The van der Waals surface area contributed by atoms with Crippen LogP contribution in [0.4, 0.5) is 0 Å². The number of nitrogens with zero attached hydrogens (tertiary/aromatic N) is 2. The number of benzene rings is 1. The lowest BCUT2D eigenvalue weighted by atomic mass is 9.98. The molecule has 4 heteroatoms. The molecule has 0 radical (unpaired) electrons. The molecule has 0 N–H and O–H groups in total. The number of ether oxygens (including phenoxy) is 1. The molecule has 0 spiro atoms. The Hall–Kier alpha value is -1.68. The Bertz CT molecular complexity index is 602. The minimum absolute atomic E-state index is 0.298. The van der Waals surface area contributed by atoms with Gasteiger partial charge in [0.25, 0.3) is 0 Å². The summed E-state index contributed by atoms with van der Waals surface area (Å²) in [4.78, 5) is 0. The number of aryl methyl sites for hydroxylation is 1. The first-order valence-electron chi connectivity index (χ1n) is 7.38. The zero-order valence-electron chi connectivity index (χ0n) is 11.4. The van der Waals surface area contributed by atoms with Crippen molar-refractivity contribution < 1.29 is 9.15 Å². The van der Waals surface area contributed by atoms with E-state index < -0.39 is 0 Å². The molecule has 4 nitrogen and oxygen atoms in total. The molecule has 0 amide bonds. The summed E-state index contributed by atoms with van der Waals surface area (Å²) in [5.41, 5.74) is 2.93. The van der Waals surface area contributed by atoms with Gasteiger partial charge in [-0.1, -0.05) is 24.3 Å². The Labute approximate surface area is 118 Å². The maximum Gasteiger partial charge on any atom is 0.222 e. The molecule has 2 atom stereocenters. The van der Waals surface area contributed by atoms with Crippen molar-refractivity contribution in [2.75, 3.05) is 13.2 Å². The average Bonchev–Trinajstić information content (AvgIpc) is 3.19. The van der Waals surface area contributed by atoms with E-state index in [1.54, 1.807) is 0 Å². The van der Waals surface area contributed by atoms with Gasteiger partial charge in [-0.25, -0.2) is 0 Å². The van der Waals surface area contributed by atoms with E-state index in [-0.39, 0.29) is 0 Å². The van der Waals surface area contributed by atoms with Crippen molar-refractivity contribution in [2.24, 2.45) is 0 Å². The molecule has 2 aliphatic rings. The van der Waals surface area contributed by atoms with Gasteiger partial charge in [-0.05, 0) is 36.3 Å². The first kappa shape index (κ1) is 12.1. The fraction of sp³-hybridized carbons (Fsp3) is 0.500. The van der Waals surface area contributed by atoms with Gasteiger partial charge in [-0.15, -0.1) is 10.2 Å². The van der Waals surface area contributed by atoms with Crippen molar-refractivity contribution in [3.63, 3.8) is 0 Å². The number of aromatic nitrogens is 2. The van der Waals surface area contributed by atoms with E-state index in [1.807, 2.05) is 0 Å². The highest BCUT2D eigenvalue weighted by atomic mass is 16.5. The van der Waals surface area contributed by atoms with Crippen molar-refractivity contribution in [1.29, 1.82) is 0 Å². The van der Waals surface area contributed by atoms with Crippen molar-refractivity contribution in [1.82, 2.24) is 10.2 Å². The van der Waals surface area contributed by atoms with Gasteiger partial charge in [0.1, 0.15) is 0 Å². The summed E-state index contributed by atoms with van der Waals surface area (Å²) in [6.07, 6.45) is 4.20. The van der Waals surface area contributed by atoms with E-state index >= 15 is 0 Å². The van der Waals surface area contributed by atoms with Gasteiger partial charge < -0.3 is 9.15 Å². The van der Waals surface area contributed by atoms with Gasteiger partial charge in [0.2, 0.25) is 11.8 Å². The molecule has 1 aliphatic heterocycles. The monoisotopic (exact) mass is 270 g/mol. The highest BCUT2D eigenvalue weighted by molar-refractivity contribution is 5.35. The van der Waals surface area contributed by atoms with Crippen LogP contribution >= 0.6 is 0 Å². The van der Waals surface area contributed by atoms with Crippen molar-refractivity contribution >= 4 is 0 Å². The quantitative estimate of drug-likeness (QED) is 0.860. The van der Waals surface area contributed by atoms with Crippen LogP contribution < -0.4 is 0 Å². The van der Waals surface area contributed by atoms with Crippen LogP contribution in [0.2, 0.25) is 0 Å². The number of fused-ring (bicyclic) bond motifs is 1. The first-order chi connectivity index (χ1) is 9.90. The van der Waals surface area contributed by atoms with Crippen LogP contribution in [0.15, 0.2) is 28.7 Å². The maximum atomic E-state index is 5.84. The summed E-state index contributed by atoms with van der Waals surface area (Å²) in [7, 11) is 0. The second-order valence-corrected chi connectivity index (χ2v) is 5.73. The van der Waals surface area contributed by atoms with Crippen molar-refractivity contribution in [2.45, 2.75) is 37.5 Å². The Morgan fingerprint density at radius 1 is 1.15 bits per heavy atom. The van der Waals surface area contributed by atoms with E-state index in [4.69, 9.17) is 9.15 Å². The third-order valence-electron chi connectivity index (χ3n) is 4.44. The standard InChI is InChI=1S/C16H18N2O2/c1-2-4-14-11(3-1)5-6-12(14)9-15-17-18-16(20-15)13-7-8-19-10-13/h1-4,12-13H,5-10H2/t12-,13+/m1/s1. The van der Waals surface area contributed by atoms with E-state index in [0.29, 0.717) is 18.4 Å². The lowest BCUT2D eigenvalue weighted by Gasteiger charge is -2.08. The van der Waals surface area contributed by atoms with Crippen LogP contribution in [0.5, 0.6) is 0 Å². The van der Waals surface area contributed by atoms with E-state index in [1.165, 1.54) is 17.5 Å². The summed E-state index contributed by atoms with van der Waals surface area (Å²) < 4.78 is 11.2. The third kappa shape index (κ3) is 2.14. The molecule has 104 valence electrons. The van der Waals surface area contributed by atoms with Crippen LogP contribution in [0.3, 0.4) is 0 Å². The molecule has 0 bridgehead atoms. The van der Waals surface area contributed by atoms with Crippen LogP contribution in [0, 0.1) is 0 Å². The molecule has 2 heterocycles. The van der Waals surface area contributed by atoms with Crippen LogP contribution in [0.25, 0.3) is 0 Å². The van der Waals surface area contributed by atoms with Crippen LogP contribution in [0.1, 0.15) is 47.6 Å². The largest absolute Gasteiger partial charge is 0.425 e. The van der Waals surface area contributed by atoms with Gasteiger partial charge in [0.15, 0.2) is 0 Å². The molecule has 0 unspecified atom stereocenters. The first-order valence-corrected chi connectivity index (χ1v) is 7.38. The molecular weight excluding hydrogens is 252 g/mol. The summed E-state index contributed by atoms with van der Waals surface area (Å²) in [6.45, 7) is 1.52. The van der Waals surface area contributed by atoms with E-state index in [9.17, 15) is 0 Å². The molecule has 20 heavy (non-hydrogen) atoms. The highest BCUT2D eigenvalue weighted by Crippen LogP contribution is 2.35. The summed E-state index contributed by atoms with van der Waals surface area (Å²) >= 11 is 0. The average molecular weight is 270 g/mol. The molecule has 2 aromatic rings. The van der Waals surface area contributed by atoms with Gasteiger partial charge in [0, 0.05) is 13.0 Å². The maximum absolute atomic E-state index is 5.84. The SMILES string of the molecule is c1ccc2c(c1)CC[C@@H]2Cc1nnc([C@H]2CCOC2)o1. The predicted octanol–water partition coefficient (Wildman–Crippen LogP) is 2.85. The minimum atomic E-state index is 0.298. The lowest BCUT2D eigenvalue weighted by molar-refractivity contribution is 0.190. The molecular formula is C16H18N2O2. The second-order valence-electron chi connectivity index (χ2n) is 5.73. The van der Waals surface area contributed by atoms with Crippen LogP contribution in [-0.2, 0) is 17.6 Å². The molecule has 1 aromatic carbocycles. The Morgan fingerprint density at radius 2 is 2.10 bits per heavy atom. The number of hydrogen-bond donors (Lipinski definition) is 0. The third-order valence-corrected chi connectivity index (χ3v) is 4.44. The van der Waals surface area contributed by atoms with Gasteiger partial charge in [-0.2, -0.15) is 0 Å². The van der Waals surface area contributed by atoms with E-state index in [0.717, 1.165) is 37.7 Å². The van der Waals surface area contributed by atoms with E-state index in [2.05, 4.69) is 34.5 Å². The highest BCUT2D eigenvalue weighted by Gasteiger charge is 2.27. The Morgan fingerprint density at radius 3 is 3.00 bits per heavy atom. The minimum Gasteiger partial charge on any atom is -0.425 e. The summed E-state index contributed by atoms with van der Waals surface area (Å²) in [6, 6.07) is 8.69. The molecule has 1 aliphatic carbocycles. The molecule has 1 aromatic heterocycles. The fourth-order valence-electron chi connectivity index (χ4n) is 3.31. The predicted molar refractivity (Wildman–Crippen MR) is 73.7 cm³/mol.